The van der Waals surface area contributed by atoms with Crippen LogP contribution in [-0.2, 0) is 9.47 Å². The summed E-state index contributed by atoms with van der Waals surface area (Å²) >= 11 is 18.0. The molecular formula is C47H54Cl3N5O10. The highest BCUT2D eigenvalue weighted by Crippen LogP contribution is 2.46. The minimum atomic E-state index is -1.87. The molecular weight excluding hydrogens is 901 g/mol. The summed E-state index contributed by atoms with van der Waals surface area (Å²) < 4.78 is 33.1. The zero-order chi connectivity index (χ0) is 46.7. The smallest absolute Gasteiger partial charge is 0.414 e. The number of carbonyl (C=O) groups excluding carboxylic acids is 4. The number of halogens is 3. The summed E-state index contributed by atoms with van der Waals surface area (Å²) in [5.41, 5.74) is 10.7. The van der Waals surface area contributed by atoms with Crippen LogP contribution in [0, 0.1) is 0 Å². The van der Waals surface area contributed by atoms with Gasteiger partial charge in [0.25, 0.3) is 11.8 Å². The van der Waals surface area contributed by atoms with Crippen LogP contribution in [0.4, 0.5) is 26.7 Å². The third-order valence-electron chi connectivity index (χ3n) is 12.1. The second kappa shape index (κ2) is 19.9. The highest BCUT2D eigenvalue weighted by atomic mass is 35.6. The molecule has 4 unspecified atom stereocenters. The second-order valence-electron chi connectivity index (χ2n) is 16.3. The first-order valence-electron chi connectivity index (χ1n) is 21.7. The standard InChI is InChI=1S/C47H54Cl3N5O10/c1-7-34-38-19-30(29-13-12-14-31(51)18-29)25-53(38)44(57)33-21-40(61-6)42(23-37(33)55(34)46(59)65-26-47(48,49)50)64-16-11-9-10-15-63-41-22-36-32(20-39(41)60-5)43(56)52-24-27(3)17-35(52)28(4)54(36)45(58)62-8-2/h12-14,18,20-25,28,34-35,38H,7-11,15-17,19,26,51H2,1-6H3. The van der Waals surface area contributed by atoms with Crippen molar-refractivity contribution in [1.82, 2.24) is 9.80 Å². The van der Waals surface area contributed by atoms with Crippen LogP contribution in [0.25, 0.3) is 5.57 Å². The largest absolute Gasteiger partial charge is 0.493 e. The average molecular weight is 955 g/mol. The van der Waals surface area contributed by atoms with Crippen molar-refractivity contribution in [3.8, 4) is 23.0 Å². The molecule has 3 aromatic carbocycles. The molecule has 4 aliphatic heterocycles. The maximum absolute atomic E-state index is 14.5. The number of carbonyl (C=O) groups is 4. The fourth-order valence-corrected chi connectivity index (χ4v) is 9.20. The van der Waals surface area contributed by atoms with Gasteiger partial charge in [-0.3, -0.25) is 19.4 Å². The van der Waals surface area contributed by atoms with E-state index in [4.69, 9.17) is 69.0 Å². The van der Waals surface area contributed by atoms with Crippen LogP contribution in [0.5, 0.6) is 23.0 Å². The minimum absolute atomic E-state index is 0.176. The number of anilines is 3. The molecule has 0 saturated heterocycles. The van der Waals surface area contributed by atoms with Gasteiger partial charge < -0.3 is 44.0 Å². The summed E-state index contributed by atoms with van der Waals surface area (Å²) in [6.45, 7) is 7.78. The molecule has 0 saturated carbocycles. The van der Waals surface area contributed by atoms with Crippen LogP contribution < -0.4 is 34.5 Å². The molecule has 0 aromatic heterocycles. The van der Waals surface area contributed by atoms with Crippen LogP contribution in [-0.4, -0.2) is 102 Å². The zero-order valence-corrected chi connectivity index (χ0v) is 39.5. The highest BCUT2D eigenvalue weighted by Gasteiger charge is 2.47. The number of unbranched alkanes of at least 4 members (excludes halogenated alkanes) is 2. The lowest BCUT2D eigenvalue weighted by Gasteiger charge is -2.35. The number of rotatable bonds is 14. The van der Waals surface area contributed by atoms with Crippen LogP contribution in [0.1, 0.15) is 92.5 Å². The predicted octanol–water partition coefficient (Wildman–Crippen LogP) is 9.76. The van der Waals surface area contributed by atoms with Gasteiger partial charge in [0.2, 0.25) is 3.79 Å². The van der Waals surface area contributed by atoms with Crippen LogP contribution in [0.15, 0.2) is 66.5 Å². The van der Waals surface area contributed by atoms with Crippen LogP contribution in [0.3, 0.4) is 0 Å². The monoisotopic (exact) mass is 953 g/mol. The van der Waals surface area contributed by atoms with E-state index in [1.165, 1.54) is 24.0 Å². The highest BCUT2D eigenvalue weighted by molar-refractivity contribution is 6.67. The van der Waals surface area contributed by atoms with Crippen LogP contribution in [0.2, 0.25) is 0 Å². The maximum Gasteiger partial charge on any atom is 0.414 e. The minimum Gasteiger partial charge on any atom is -0.493 e. The number of nitrogens with two attached hydrogens (primary N) is 1. The molecule has 0 fully saturated rings. The number of hydrogen-bond acceptors (Lipinski definition) is 11. The van der Waals surface area contributed by atoms with Gasteiger partial charge >= 0.3 is 12.2 Å². The van der Waals surface area contributed by atoms with E-state index in [0.717, 1.165) is 16.7 Å². The van der Waals surface area contributed by atoms with E-state index in [2.05, 4.69) is 0 Å². The molecule has 348 valence electrons. The SMILES string of the molecule is CCOC(=O)N1c2cc(OCCCCCOc3cc4c(cc3OC)C(=O)N3C=C(c5cccc(N)c5)CC3C(CC)N4C(=O)OCC(Cl)(Cl)Cl)c(OC)cc2C(=O)N2C=C(C)CC2C1C. The predicted molar refractivity (Wildman–Crippen MR) is 250 cm³/mol. The van der Waals surface area contributed by atoms with Crippen molar-refractivity contribution >= 4 is 81.4 Å². The first-order valence-corrected chi connectivity index (χ1v) is 22.8. The van der Waals surface area contributed by atoms with Gasteiger partial charge in [-0.1, -0.05) is 59.4 Å². The summed E-state index contributed by atoms with van der Waals surface area (Å²) in [4.78, 5) is 62.2. The number of fused-ring (bicyclic) bond motifs is 4. The van der Waals surface area contributed by atoms with Crippen molar-refractivity contribution in [3.05, 3.63) is 83.2 Å². The number of methoxy groups -OCH3 is 2. The molecule has 4 aliphatic rings. The number of nitrogen functional groups attached to an aromatic ring is 1. The molecule has 4 atom stereocenters. The summed E-state index contributed by atoms with van der Waals surface area (Å²) in [5.74, 6) is 0.789. The first kappa shape index (κ1) is 47.5. The molecule has 0 radical (unpaired) electrons. The molecule has 2 N–H and O–H groups in total. The van der Waals surface area contributed by atoms with E-state index in [-0.39, 0.29) is 48.4 Å². The van der Waals surface area contributed by atoms with E-state index in [9.17, 15) is 19.2 Å². The molecule has 18 heteroatoms. The van der Waals surface area contributed by atoms with Gasteiger partial charge in [-0.15, -0.1) is 0 Å². The lowest BCUT2D eigenvalue weighted by Crippen LogP contribution is -2.50. The van der Waals surface area contributed by atoms with Gasteiger partial charge in [0, 0.05) is 30.2 Å². The van der Waals surface area contributed by atoms with E-state index >= 15 is 0 Å². The van der Waals surface area contributed by atoms with E-state index in [1.54, 1.807) is 47.1 Å². The van der Waals surface area contributed by atoms with Gasteiger partial charge in [-0.2, -0.15) is 0 Å². The second-order valence-corrected chi connectivity index (χ2v) is 18.9. The molecule has 4 amide bonds. The fraction of sp³-hybridized carbons (Fsp3) is 0.447. The van der Waals surface area contributed by atoms with Crippen molar-refractivity contribution < 1.29 is 47.6 Å². The number of benzene rings is 3. The Bertz CT molecular complexity index is 2390. The molecule has 65 heavy (non-hydrogen) atoms. The van der Waals surface area contributed by atoms with Crippen molar-refractivity contribution in [2.45, 2.75) is 94.2 Å². The summed E-state index contributed by atoms with van der Waals surface area (Å²) in [6.07, 6.45) is 5.77. The van der Waals surface area contributed by atoms with Crippen molar-refractivity contribution in [2.75, 3.05) is 56.2 Å². The zero-order valence-electron chi connectivity index (χ0n) is 37.2. The molecule has 0 bridgehead atoms. The number of ether oxygens (including phenoxy) is 6. The van der Waals surface area contributed by atoms with Crippen molar-refractivity contribution in [2.24, 2.45) is 0 Å². The van der Waals surface area contributed by atoms with Crippen molar-refractivity contribution in [1.29, 1.82) is 0 Å². The van der Waals surface area contributed by atoms with Gasteiger partial charge in [0.1, 0.15) is 6.61 Å². The molecule has 3 aromatic rings. The average Bonchev–Trinajstić information content (AvgIpc) is 3.86. The van der Waals surface area contributed by atoms with Crippen LogP contribution >= 0.6 is 34.8 Å². The third-order valence-corrected chi connectivity index (χ3v) is 12.4. The Morgan fingerprint density at radius 1 is 0.754 bits per heavy atom. The molecule has 0 spiro atoms. The molecule has 4 heterocycles. The van der Waals surface area contributed by atoms with Crippen molar-refractivity contribution in [3.63, 3.8) is 0 Å². The Labute approximate surface area is 393 Å². The number of hydrogen-bond donors (Lipinski definition) is 1. The van der Waals surface area contributed by atoms with E-state index in [0.29, 0.717) is 85.1 Å². The quantitative estimate of drug-likeness (QED) is 0.0930. The Kier molecular flexibility index (Phi) is 14.5. The maximum atomic E-state index is 14.5. The van der Waals surface area contributed by atoms with Gasteiger partial charge in [0.05, 0.1) is 80.7 Å². The Balaban J connectivity index is 1.07. The number of nitrogens with zero attached hydrogens (tertiary/aromatic N) is 4. The molecule has 7 rings (SSSR count). The Morgan fingerprint density at radius 2 is 1.34 bits per heavy atom. The number of amides is 4. The topological polar surface area (TPSA) is 163 Å². The van der Waals surface area contributed by atoms with E-state index in [1.807, 2.05) is 51.4 Å². The normalized spacial score (nSPS) is 20.1. The van der Waals surface area contributed by atoms with E-state index < -0.39 is 34.7 Å². The van der Waals surface area contributed by atoms with Gasteiger partial charge in [-0.25, -0.2) is 9.59 Å². The fourth-order valence-electron chi connectivity index (χ4n) is 9.04. The summed E-state index contributed by atoms with van der Waals surface area (Å²) in [7, 11) is 2.98. The Hall–Kier alpha value is -5.51. The molecule has 15 nitrogen and oxygen atoms in total. The summed E-state index contributed by atoms with van der Waals surface area (Å²) in [5, 5.41) is 0. The lowest BCUT2D eigenvalue weighted by atomic mass is 9.95. The summed E-state index contributed by atoms with van der Waals surface area (Å²) in [6, 6.07) is 12.3. The van der Waals surface area contributed by atoms with Gasteiger partial charge in [-0.05, 0) is 94.7 Å². The molecule has 0 aliphatic carbocycles. The van der Waals surface area contributed by atoms with Gasteiger partial charge in [0.15, 0.2) is 23.0 Å². The third kappa shape index (κ3) is 9.87. The Morgan fingerprint density at radius 3 is 1.89 bits per heavy atom. The lowest BCUT2D eigenvalue weighted by molar-refractivity contribution is 0.0767. The number of alkyl halides is 3. The first-order chi connectivity index (χ1) is 31.1.